The predicted molar refractivity (Wildman–Crippen MR) is 81.6 cm³/mol. The summed E-state index contributed by atoms with van der Waals surface area (Å²) in [6, 6.07) is 17.0. The summed E-state index contributed by atoms with van der Waals surface area (Å²) >= 11 is 6.36. The van der Waals surface area contributed by atoms with Crippen molar-refractivity contribution >= 4 is 11.6 Å². The summed E-state index contributed by atoms with van der Waals surface area (Å²) in [5.74, 6) is 1.89. The van der Waals surface area contributed by atoms with E-state index in [0.717, 1.165) is 5.69 Å². The van der Waals surface area contributed by atoms with Gasteiger partial charge in [0.25, 0.3) is 0 Å². The summed E-state index contributed by atoms with van der Waals surface area (Å²) in [4.78, 5) is 0. The van der Waals surface area contributed by atoms with Crippen molar-refractivity contribution in [1.82, 2.24) is 9.78 Å². The number of hydrogen-bond donors (Lipinski definition) is 0. The van der Waals surface area contributed by atoms with E-state index in [1.54, 1.807) is 18.0 Å². The fraction of sp³-hybridized carbons (Fsp3) is 0.0625. The first kappa shape index (κ1) is 13.5. The first-order valence-electron chi connectivity index (χ1n) is 6.39. The Labute approximate surface area is 127 Å². The van der Waals surface area contributed by atoms with Crippen LogP contribution in [-0.2, 0) is 0 Å². The minimum atomic E-state index is 0.392. The maximum atomic E-state index is 6.36. The SMILES string of the molecule is COc1ccccc1-n1ncc(Oc2ccccc2)c1Cl. The van der Waals surface area contributed by atoms with Crippen LogP contribution in [0.5, 0.6) is 17.2 Å². The molecular formula is C16H13ClN2O2. The van der Waals surface area contributed by atoms with E-state index in [1.165, 1.54) is 0 Å². The highest BCUT2D eigenvalue weighted by Gasteiger charge is 2.14. The normalized spacial score (nSPS) is 10.4. The number of hydrogen-bond acceptors (Lipinski definition) is 3. The van der Waals surface area contributed by atoms with Gasteiger partial charge in [0.15, 0.2) is 10.9 Å². The van der Waals surface area contributed by atoms with Gasteiger partial charge >= 0.3 is 0 Å². The van der Waals surface area contributed by atoms with Gasteiger partial charge in [-0.1, -0.05) is 41.9 Å². The molecule has 0 fully saturated rings. The number of rotatable bonds is 4. The molecule has 0 spiro atoms. The van der Waals surface area contributed by atoms with Crippen LogP contribution in [0.15, 0.2) is 60.8 Å². The van der Waals surface area contributed by atoms with Crippen LogP contribution in [0, 0.1) is 0 Å². The summed E-state index contributed by atoms with van der Waals surface area (Å²) in [6.45, 7) is 0. The summed E-state index contributed by atoms with van der Waals surface area (Å²) in [7, 11) is 1.61. The molecule has 0 atom stereocenters. The van der Waals surface area contributed by atoms with Crippen LogP contribution in [0.2, 0.25) is 5.15 Å². The average molecular weight is 301 g/mol. The Hall–Kier alpha value is -2.46. The van der Waals surface area contributed by atoms with Crippen molar-refractivity contribution < 1.29 is 9.47 Å². The molecule has 0 amide bonds. The number of halogens is 1. The van der Waals surface area contributed by atoms with E-state index in [-0.39, 0.29) is 0 Å². The highest BCUT2D eigenvalue weighted by Crippen LogP contribution is 2.33. The van der Waals surface area contributed by atoms with Crippen LogP contribution in [0.3, 0.4) is 0 Å². The van der Waals surface area contributed by atoms with Gasteiger partial charge in [-0.05, 0) is 24.3 Å². The maximum absolute atomic E-state index is 6.36. The van der Waals surface area contributed by atoms with Crippen molar-refractivity contribution in [3.63, 3.8) is 0 Å². The lowest BCUT2D eigenvalue weighted by molar-refractivity contribution is 0.411. The molecule has 0 saturated carbocycles. The second kappa shape index (κ2) is 5.89. The Bertz CT molecular complexity index is 741. The highest BCUT2D eigenvalue weighted by atomic mass is 35.5. The molecule has 106 valence electrons. The molecule has 4 nitrogen and oxygen atoms in total. The number of aromatic nitrogens is 2. The highest BCUT2D eigenvalue weighted by molar-refractivity contribution is 6.31. The van der Waals surface area contributed by atoms with Crippen LogP contribution in [0.25, 0.3) is 5.69 Å². The summed E-state index contributed by atoms with van der Waals surface area (Å²) in [5.41, 5.74) is 0.757. The molecular weight excluding hydrogens is 288 g/mol. The van der Waals surface area contributed by atoms with Crippen molar-refractivity contribution in [2.45, 2.75) is 0 Å². The molecule has 0 aliphatic heterocycles. The monoisotopic (exact) mass is 300 g/mol. The Morgan fingerprint density at radius 3 is 2.43 bits per heavy atom. The van der Waals surface area contributed by atoms with Gasteiger partial charge in [0.05, 0.1) is 13.3 Å². The molecule has 1 aromatic heterocycles. The minimum absolute atomic E-state index is 0.392. The largest absolute Gasteiger partial charge is 0.494 e. The van der Waals surface area contributed by atoms with E-state index in [9.17, 15) is 0 Å². The molecule has 21 heavy (non-hydrogen) atoms. The predicted octanol–water partition coefficient (Wildman–Crippen LogP) is 4.33. The topological polar surface area (TPSA) is 36.3 Å². The molecule has 1 heterocycles. The lowest BCUT2D eigenvalue weighted by Gasteiger charge is -2.09. The third kappa shape index (κ3) is 2.71. The van der Waals surface area contributed by atoms with Gasteiger partial charge in [-0.2, -0.15) is 5.10 Å². The van der Waals surface area contributed by atoms with E-state index in [4.69, 9.17) is 21.1 Å². The van der Waals surface area contributed by atoms with Crippen LogP contribution in [0.4, 0.5) is 0 Å². The average Bonchev–Trinajstić information content (AvgIpc) is 2.89. The number of ether oxygens (including phenoxy) is 2. The first-order chi connectivity index (χ1) is 10.3. The van der Waals surface area contributed by atoms with Crippen molar-refractivity contribution in [2.24, 2.45) is 0 Å². The first-order valence-corrected chi connectivity index (χ1v) is 6.77. The van der Waals surface area contributed by atoms with Gasteiger partial charge in [-0.3, -0.25) is 0 Å². The van der Waals surface area contributed by atoms with E-state index in [0.29, 0.717) is 22.4 Å². The second-order valence-electron chi connectivity index (χ2n) is 4.30. The van der Waals surface area contributed by atoms with Crippen LogP contribution in [-0.4, -0.2) is 16.9 Å². The van der Waals surface area contributed by atoms with Crippen LogP contribution < -0.4 is 9.47 Å². The summed E-state index contributed by atoms with van der Waals surface area (Å²) in [6.07, 6.45) is 1.59. The zero-order valence-corrected chi connectivity index (χ0v) is 12.1. The van der Waals surface area contributed by atoms with Gasteiger partial charge in [-0.15, -0.1) is 0 Å². The number of nitrogens with zero attached hydrogens (tertiary/aromatic N) is 2. The molecule has 0 bridgehead atoms. The van der Waals surface area contributed by atoms with E-state index < -0.39 is 0 Å². The van der Waals surface area contributed by atoms with Crippen molar-refractivity contribution in [1.29, 1.82) is 0 Å². The van der Waals surface area contributed by atoms with Crippen molar-refractivity contribution in [3.8, 4) is 22.9 Å². The number of methoxy groups -OCH3 is 1. The van der Waals surface area contributed by atoms with Crippen LogP contribution in [0.1, 0.15) is 0 Å². The lowest BCUT2D eigenvalue weighted by atomic mass is 10.3. The summed E-state index contributed by atoms with van der Waals surface area (Å²) < 4.78 is 12.6. The van der Waals surface area contributed by atoms with Gasteiger partial charge < -0.3 is 9.47 Å². The number of para-hydroxylation sites is 3. The molecule has 5 heteroatoms. The maximum Gasteiger partial charge on any atom is 0.184 e. The van der Waals surface area contributed by atoms with Gasteiger partial charge in [-0.25, -0.2) is 4.68 Å². The van der Waals surface area contributed by atoms with E-state index >= 15 is 0 Å². The Morgan fingerprint density at radius 2 is 1.67 bits per heavy atom. The smallest absolute Gasteiger partial charge is 0.184 e. The zero-order valence-electron chi connectivity index (χ0n) is 11.4. The standard InChI is InChI=1S/C16H13ClN2O2/c1-20-14-10-6-5-9-13(14)19-16(17)15(11-18-19)21-12-7-3-2-4-8-12/h2-11H,1H3. The molecule has 2 aromatic carbocycles. The van der Waals surface area contributed by atoms with Gasteiger partial charge in [0.2, 0.25) is 0 Å². The molecule has 3 aromatic rings. The minimum Gasteiger partial charge on any atom is -0.494 e. The number of benzene rings is 2. The Kier molecular flexibility index (Phi) is 3.79. The van der Waals surface area contributed by atoms with E-state index in [1.807, 2.05) is 54.6 Å². The Balaban J connectivity index is 1.96. The van der Waals surface area contributed by atoms with Crippen molar-refractivity contribution in [3.05, 3.63) is 65.9 Å². The third-order valence-corrected chi connectivity index (χ3v) is 3.31. The quantitative estimate of drug-likeness (QED) is 0.719. The molecule has 0 N–H and O–H groups in total. The Morgan fingerprint density at radius 1 is 0.952 bits per heavy atom. The fourth-order valence-electron chi connectivity index (χ4n) is 1.98. The molecule has 3 rings (SSSR count). The zero-order chi connectivity index (χ0) is 14.7. The molecule has 0 saturated heterocycles. The third-order valence-electron chi connectivity index (χ3n) is 2.96. The van der Waals surface area contributed by atoms with Gasteiger partial charge in [0, 0.05) is 0 Å². The van der Waals surface area contributed by atoms with Crippen LogP contribution >= 0.6 is 11.6 Å². The molecule has 0 aliphatic rings. The van der Waals surface area contributed by atoms with Crippen molar-refractivity contribution in [2.75, 3.05) is 7.11 Å². The molecule has 0 aliphatic carbocycles. The summed E-state index contributed by atoms with van der Waals surface area (Å²) in [5, 5.41) is 4.66. The molecule has 0 radical (unpaired) electrons. The van der Waals surface area contributed by atoms with E-state index in [2.05, 4.69) is 5.10 Å². The lowest BCUT2D eigenvalue weighted by Crippen LogP contribution is -1.99. The second-order valence-corrected chi connectivity index (χ2v) is 4.66. The fourth-order valence-corrected chi connectivity index (χ4v) is 2.20. The van der Waals surface area contributed by atoms with Gasteiger partial charge in [0.1, 0.15) is 17.2 Å². The molecule has 0 unspecified atom stereocenters.